The molecule has 0 spiro atoms. The van der Waals surface area contributed by atoms with Crippen LogP contribution in [0.5, 0.6) is 0 Å². The maximum atomic E-state index is 5.62. The predicted molar refractivity (Wildman–Crippen MR) is 43.0 cm³/mol. The Morgan fingerprint density at radius 2 is 2.11 bits per heavy atom. The number of benzene rings is 1. The lowest BCUT2D eigenvalue weighted by atomic mass is 10.4. The van der Waals surface area contributed by atoms with E-state index in [4.69, 9.17) is 23.2 Å². The summed E-state index contributed by atoms with van der Waals surface area (Å²) in [6.45, 7) is 0. The Morgan fingerprint density at radius 3 is 2.56 bits per heavy atom. The highest BCUT2D eigenvalue weighted by atomic mass is 79.9. The largest absolute Gasteiger partial charge is 0.0843 e. The fourth-order valence-corrected chi connectivity index (χ4v) is 1.19. The molecule has 1 rings (SSSR count). The highest BCUT2D eigenvalue weighted by Gasteiger charge is 1.95. The van der Waals surface area contributed by atoms with Gasteiger partial charge in [-0.15, -0.1) is 0 Å². The molecule has 3 heteroatoms. The SMILES string of the molecule is Clc1c[c]c(Cl)c(Br)c1. The minimum atomic E-state index is 0.555. The van der Waals surface area contributed by atoms with Crippen molar-refractivity contribution in [3.05, 3.63) is 32.7 Å². The molecule has 0 aliphatic rings. The van der Waals surface area contributed by atoms with Gasteiger partial charge in [-0.3, -0.25) is 0 Å². The van der Waals surface area contributed by atoms with Crippen molar-refractivity contribution >= 4 is 39.1 Å². The molecule has 0 aliphatic heterocycles. The van der Waals surface area contributed by atoms with Crippen LogP contribution in [0.3, 0.4) is 0 Å². The van der Waals surface area contributed by atoms with Gasteiger partial charge in [-0.2, -0.15) is 0 Å². The van der Waals surface area contributed by atoms with Gasteiger partial charge in [0, 0.05) is 15.6 Å². The van der Waals surface area contributed by atoms with E-state index in [1.807, 2.05) is 0 Å². The third-order valence-corrected chi connectivity index (χ3v) is 2.20. The van der Waals surface area contributed by atoms with E-state index < -0.39 is 0 Å². The second-order valence-corrected chi connectivity index (χ2v) is 3.15. The van der Waals surface area contributed by atoms with Crippen LogP contribution in [0.2, 0.25) is 10.0 Å². The number of rotatable bonds is 0. The van der Waals surface area contributed by atoms with E-state index in [9.17, 15) is 0 Å². The summed E-state index contributed by atoms with van der Waals surface area (Å²) in [6.07, 6.45) is 0. The first-order valence-electron chi connectivity index (χ1n) is 2.22. The highest BCUT2D eigenvalue weighted by Crippen LogP contribution is 2.24. The van der Waals surface area contributed by atoms with Gasteiger partial charge in [0.05, 0.1) is 5.02 Å². The Kier molecular flexibility index (Phi) is 2.39. The van der Waals surface area contributed by atoms with Crippen LogP contribution in [0, 0.1) is 6.07 Å². The van der Waals surface area contributed by atoms with E-state index >= 15 is 0 Å². The molecule has 0 N–H and O–H groups in total. The van der Waals surface area contributed by atoms with Crippen LogP contribution in [-0.2, 0) is 0 Å². The van der Waals surface area contributed by atoms with Gasteiger partial charge in [-0.25, -0.2) is 0 Å². The van der Waals surface area contributed by atoms with Gasteiger partial charge in [0.25, 0.3) is 0 Å². The zero-order chi connectivity index (χ0) is 6.85. The minimum Gasteiger partial charge on any atom is -0.0843 e. The summed E-state index contributed by atoms with van der Waals surface area (Å²) in [4.78, 5) is 0. The second-order valence-electron chi connectivity index (χ2n) is 1.48. The normalized spacial score (nSPS) is 9.67. The standard InChI is InChI=1S/C6H2BrCl2/c7-5-3-4(8)1-2-6(5)9/h1,3H. The lowest BCUT2D eigenvalue weighted by molar-refractivity contribution is 1.63. The van der Waals surface area contributed by atoms with E-state index in [1.54, 1.807) is 12.1 Å². The molecular weight excluding hydrogens is 223 g/mol. The zero-order valence-corrected chi connectivity index (χ0v) is 7.39. The quantitative estimate of drug-likeness (QED) is 0.592. The monoisotopic (exact) mass is 223 g/mol. The number of hydrogen-bond donors (Lipinski definition) is 0. The first-order chi connectivity index (χ1) is 4.20. The Hall–Kier alpha value is 0.280. The molecule has 1 radical (unpaired) electrons. The molecular formula is C6H2BrCl2. The topological polar surface area (TPSA) is 0 Å². The van der Waals surface area contributed by atoms with Crippen molar-refractivity contribution in [1.82, 2.24) is 0 Å². The smallest absolute Gasteiger partial charge is 0.0628 e. The molecule has 9 heavy (non-hydrogen) atoms. The number of halogens is 3. The van der Waals surface area contributed by atoms with E-state index in [0.717, 1.165) is 4.47 Å². The Morgan fingerprint density at radius 1 is 1.44 bits per heavy atom. The summed E-state index contributed by atoms with van der Waals surface area (Å²) in [6, 6.07) is 6.10. The van der Waals surface area contributed by atoms with Crippen LogP contribution in [0.1, 0.15) is 0 Å². The van der Waals surface area contributed by atoms with Crippen molar-refractivity contribution < 1.29 is 0 Å². The van der Waals surface area contributed by atoms with Crippen molar-refractivity contribution in [3.63, 3.8) is 0 Å². The van der Waals surface area contributed by atoms with Crippen LogP contribution < -0.4 is 0 Å². The highest BCUT2D eigenvalue weighted by molar-refractivity contribution is 9.10. The summed E-state index contributed by atoms with van der Waals surface area (Å²) in [5, 5.41) is 1.19. The van der Waals surface area contributed by atoms with Crippen molar-refractivity contribution in [3.8, 4) is 0 Å². The second kappa shape index (κ2) is 2.91. The van der Waals surface area contributed by atoms with Crippen molar-refractivity contribution in [1.29, 1.82) is 0 Å². The van der Waals surface area contributed by atoms with Crippen LogP contribution in [0.25, 0.3) is 0 Å². The Balaban J connectivity index is 3.17. The molecule has 0 saturated carbocycles. The minimum absolute atomic E-state index is 0.555. The average Bonchev–Trinajstić information content (AvgIpc) is 1.80. The van der Waals surface area contributed by atoms with Gasteiger partial charge in [-0.1, -0.05) is 23.2 Å². The van der Waals surface area contributed by atoms with E-state index in [-0.39, 0.29) is 0 Å². The lowest BCUT2D eigenvalue weighted by Crippen LogP contribution is -1.67. The molecule has 0 unspecified atom stereocenters. The van der Waals surface area contributed by atoms with Crippen LogP contribution in [0.15, 0.2) is 16.6 Å². The molecule has 47 valence electrons. The van der Waals surface area contributed by atoms with Crippen LogP contribution >= 0.6 is 39.1 Å². The molecule has 1 aromatic rings. The van der Waals surface area contributed by atoms with Crippen molar-refractivity contribution in [2.45, 2.75) is 0 Å². The van der Waals surface area contributed by atoms with Gasteiger partial charge in [0.15, 0.2) is 0 Å². The van der Waals surface area contributed by atoms with Gasteiger partial charge < -0.3 is 0 Å². The molecule has 1 aromatic carbocycles. The van der Waals surface area contributed by atoms with Gasteiger partial charge in [0.1, 0.15) is 0 Å². The summed E-state index contributed by atoms with van der Waals surface area (Å²) < 4.78 is 0.775. The van der Waals surface area contributed by atoms with Gasteiger partial charge in [0.2, 0.25) is 0 Å². The van der Waals surface area contributed by atoms with Gasteiger partial charge in [-0.05, 0) is 28.1 Å². The molecule has 0 fully saturated rings. The molecule has 0 amide bonds. The maximum absolute atomic E-state index is 5.62. The summed E-state index contributed by atoms with van der Waals surface area (Å²) >= 11 is 14.4. The zero-order valence-electron chi connectivity index (χ0n) is 4.29. The van der Waals surface area contributed by atoms with E-state index in [1.165, 1.54) is 0 Å². The first kappa shape index (κ1) is 7.39. The summed E-state index contributed by atoms with van der Waals surface area (Å²) in [5.41, 5.74) is 0. The average molecular weight is 225 g/mol. The third-order valence-electron chi connectivity index (χ3n) is 0.811. The number of hydrogen-bond acceptors (Lipinski definition) is 0. The molecule has 0 bridgehead atoms. The van der Waals surface area contributed by atoms with E-state index in [2.05, 4.69) is 22.0 Å². The fraction of sp³-hybridized carbons (Fsp3) is 0. The Bertz CT molecular complexity index is 222. The molecule has 0 saturated heterocycles. The lowest BCUT2D eigenvalue weighted by Gasteiger charge is -1.92. The van der Waals surface area contributed by atoms with Crippen molar-refractivity contribution in [2.24, 2.45) is 0 Å². The predicted octanol–water partition coefficient (Wildman–Crippen LogP) is 3.56. The molecule has 0 aliphatic carbocycles. The molecule has 0 nitrogen and oxygen atoms in total. The Labute approximate surface area is 71.9 Å². The molecule has 0 atom stereocenters. The van der Waals surface area contributed by atoms with Crippen LogP contribution in [0.4, 0.5) is 0 Å². The first-order valence-corrected chi connectivity index (χ1v) is 3.77. The van der Waals surface area contributed by atoms with Gasteiger partial charge >= 0.3 is 0 Å². The summed E-state index contributed by atoms with van der Waals surface area (Å²) in [5.74, 6) is 0. The van der Waals surface area contributed by atoms with Crippen LogP contribution in [-0.4, -0.2) is 0 Å². The van der Waals surface area contributed by atoms with E-state index in [0.29, 0.717) is 10.0 Å². The summed E-state index contributed by atoms with van der Waals surface area (Å²) in [7, 11) is 0. The molecule has 0 aromatic heterocycles. The third kappa shape index (κ3) is 1.85. The maximum Gasteiger partial charge on any atom is 0.0628 e. The van der Waals surface area contributed by atoms with Crippen molar-refractivity contribution in [2.75, 3.05) is 0 Å². The fourth-order valence-electron chi connectivity index (χ4n) is 0.427. The molecule has 0 heterocycles.